The van der Waals surface area contributed by atoms with Crippen molar-refractivity contribution in [1.82, 2.24) is 4.90 Å². The Morgan fingerprint density at radius 1 is 1.42 bits per heavy atom. The van der Waals surface area contributed by atoms with Crippen LogP contribution >= 0.6 is 11.8 Å². The molecule has 0 aliphatic heterocycles. The van der Waals surface area contributed by atoms with E-state index in [1.54, 1.807) is 12.1 Å². The maximum Gasteiger partial charge on any atom is 0.131 e. The van der Waals surface area contributed by atoms with Gasteiger partial charge in [-0.15, -0.1) is 0 Å². The molecule has 0 amide bonds. The summed E-state index contributed by atoms with van der Waals surface area (Å²) in [6, 6.07) is 4.47. The maximum absolute atomic E-state index is 13.8. The first-order valence-corrected chi connectivity index (χ1v) is 7.75. The molecule has 0 bridgehead atoms. The zero-order valence-corrected chi connectivity index (χ0v) is 12.7. The van der Waals surface area contributed by atoms with Gasteiger partial charge in [0.15, 0.2) is 0 Å². The molecule has 19 heavy (non-hydrogen) atoms. The lowest BCUT2D eigenvalue weighted by Crippen LogP contribution is -2.26. The Morgan fingerprint density at radius 3 is 2.79 bits per heavy atom. The van der Waals surface area contributed by atoms with Crippen molar-refractivity contribution in [1.29, 1.82) is 0 Å². The summed E-state index contributed by atoms with van der Waals surface area (Å²) >= 11 is 1.82. The molecule has 1 atom stereocenters. The molecule has 1 aromatic carbocycles. The Kier molecular flexibility index (Phi) is 7.20. The van der Waals surface area contributed by atoms with Crippen molar-refractivity contribution < 1.29 is 9.13 Å². The molecule has 0 radical (unpaired) electrons. The fraction of sp³-hybridized carbons (Fsp3) is 0.571. The van der Waals surface area contributed by atoms with Crippen LogP contribution in [-0.4, -0.2) is 44.2 Å². The van der Waals surface area contributed by atoms with Gasteiger partial charge in [-0.3, -0.25) is 0 Å². The fourth-order valence-electron chi connectivity index (χ4n) is 1.92. The van der Waals surface area contributed by atoms with Crippen LogP contribution in [0.15, 0.2) is 18.2 Å². The molecular weight excluding hydrogens is 263 g/mol. The molecule has 1 aromatic rings. The van der Waals surface area contributed by atoms with Crippen molar-refractivity contribution in [3.63, 3.8) is 0 Å². The van der Waals surface area contributed by atoms with Gasteiger partial charge in [-0.25, -0.2) is 4.39 Å². The fourth-order valence-corrected chi connectivity index (χ4v) is 2.41. The van der Waals surface area contributed by atoms with Gasteiger partial charge < -0.3 is 15.4 Å². The van der Waals surface area contributed by atoms with E-state index in [0.29, 0.717) is 17.7 Å². The van der Waals surface area contributed by atoms with Gasteiger partial charge in [0.2, 0.25) is 0 Å². The summed E-state index contributed by atoms with van der Waals surface area (Å²) in [5.41, 5.74) is 6.57. The average molecular weight is 286 g/mol. The van der Waals surface area contributed by atoms with Crippen LogP contribution in [-0.2, 0) is 0 Å². The van der Waals surface area contributed by atoms with E-state index in [0.717, 1.165) is 18.8 Å². The molecule has 108 valence electrons. The predicted molar refractivity (Wildman–Crippen MR) is 80.4 cm³/mol. The smallest absolute Gasteiger partial charge is 0.131 e. The highest BCUT2D eigenvalue weighted by Crippen LogP contribution is 2.28. The minimum atomic E-state index is -0.340. The lowest BCUT2D eigenvalue weighted by atomic mass is 10.0. The average Bonchev–Trinajstić information content (AvgIpc) is 2.42. The number of benzene rings is 1. The van der Waals surface area contributed by atoms with Crippen LogP contribution < -0.4 is 10.5 Å². The van der Waals surface area contributed by atoms with Crippen molar-refractivity contribution in [3.05, 3.63) is 29.6 Å². The molecule has 5 heteroatoms. The Hall–Kier alpha value is -0.780. The van der Waals surface area contributed by atoms with Gasteiger partial charge in [0.1, 0.15) is 11.6 Å². The summed E-state index contributed by atoms with van der Waals surface area (Å²) in [6.07, 6.45) is 2.80. The van der Waals surface area contributed by atoms with Crippen LogP contribution in [0.3, 0.4) is 0 Å². The normalized spacial score (nSPS) is 12.7. The van der Waals surface area contributed by atoms with E-state index >= 15 is 0 Å². The quantitative estimate of drug-likeness (QED) is 0.797. The van der Waals surface area contributed by atoms with Crippen LogP contribution in [0.25, 0.3) is 0 Å². The summed E-state index contributed by atoms with van der Waals surface area (Å²) in [4.78, 5) is 2.21. The molecule has 0 heterocycles. The molecule has 3 nitrogen and oxygen atoms in total. The van der Waals surface area contributed by atoms with E-state index in [9.17, 15) is 4.39 Å². The monoisotopic (exact) mass is 286 g/mol. The zero-order valence-electron chi connectivity index (χ0n) is 11.9. The first kappa shape index (κ1) is 16.3. The topological polar surface area (TPSA) is 38.5 Å². The second-order valence-electron chi connectivity index (χ2n) is 4.55. The summed E-state index contributed by atoms with van der Waals surface area (Å²) in [6.45, 7) is 1.86. The first-order chi connectivity index (χ1) is 9.10. The molecule has 2 N–H and O–H groups in total. The van der Waals surface area contributed by atoms with E-state index in [1.807, 2.05) is 11.8 Å². The highest BCUT2D eigenvalue weighted by atomic mass is 32.2. The second-order valence-corrected chi connectivity index (χ2v) is 5.53. The standard InChI is InChI=1S/C14H23FN2OS/c1-17(9-10-19-3)8-7-12(16)14-11(15)5-4-6-13(14)18-2/h4-6,12H,7-10,16H2,1-3H3. The molecule has 0 spiro atoms. The highest BCUT2D eigenvalue weighted by molar-refractivity contribution is 7.98. The summed E-state index contributed by atoms with van der Waals surface area (Å²) in [5, 5.41) is 0. The highest BCUT2D eigenvalue weighted by Gasteiger charge is 2.17. The van der Waals surface area contributed by atoms with Gasteiger partial charge in [0, 0.05) is 23.9 Å². The molecule has 0 aliphatic rings. The Bertz CT molecular complexity index is 390. The minimum Gasteiger partial charge on any atom is -0.496 e. The van der Waals surface area contributed by atoms with Gasteiger partial charge in [-0.05, 0) is 38.4 Å². The van der Waals surface area contributed by atoms with Gasteiger partial charge in [0.25, 0.3) is 0 Å². The molecule has 0 aromatic heterocycles. The molecule has 0 fully saturated rings. The van der Waals surface area contributed by atoms with Crippen molar-refractivity contribution in [3.8, 4) is 5.75 Å². The van der Waals surface area contributed by atoms with Crippen LogP contribution in [0.5, 0.6) is 5.75 Å². The zero-order chi connectivity index (χ0) is 14.3. The summed E-state index contributed by atoms with van der Waals surface area (Å²) < 4.78 is 19.0. The van der Waals surface area contributed by atoms with E-state index < -0.39 is 0 Å². The molecule has 1 unspecified atom stereocenters. The maximum atomic E-state index is 13.8. The number of thioether (sulfide) groups is 1. The Morgan fingerprint density at radius 2 is 2.16 bits per heavy atom. The van der Waals surface area contributed by atoms with Crippen molar-refractivity contribution in [2.45, 2.75) is 12.5 Å². The number of methoxy groups -OCH3 is 1. The van der Waals surface area contributed by atoms with Crippen molar-refractivity contribution in [2.75, 3.05) is 39.3 Å². The van der Waals surface area contributed by atoms with E-state index in [2.05, 4.69) is 18.2 Å². The summed E-state index contributed by atoms with van der Waals surface area (Å²) in [7, 11) is 3.59. The molecular formula is C14H23FN2OS. The third-order valence-corrected chi connectivity index (χ3v) is 3.69. The number of nitrogens with two attached hydrogens (primary N) is 1. The summed E-state index contributed by atoms with van der Waals surface area (Å²) in [5.74, 6) is 1.33. The lowest BCUT2D eigenvalue weighted by Gasteiger charge is -2.20. The molecule has 0 saturated carbocycles. The SMILES string of the molecule is COc1cccc(F)c1C(N)CCN(C)CCSC. The lowest BCUT2D eigenvalue weighted by molar-refractivity contribution is 0.331. The van der Waals surface area contributed by atoms with E-state index in [1.165, 1.54) is 13.2 Å². The minimum absolute atomic E-state index is 0.293. The number of ether oxygens (including phenoxy) is 1. The third-order valence-electron chi connectivity index (χ3n) is 3.10. The number of halogens is 1. The number of hydrogen-bond acceptors (Lipinski definition) is 4. The number of nitrogens with zero attached hydrogens (tertiary/aromatic N) is 1. The van der Waals surface area contributed by atoms with E-state index in [-0.39, 0.29) is 11.9 Å². The Labute approximate surface area is 119 Å². The largest absolute Gasteiger partial charge is 0.496 e. The molecule has 0 aliphatic carbocycles. The number of rotatable bonds is 8. The van der Waals surface area contributed by atoms with E-state index in [4.69, 9.17) is 10.5 Å². The first-order valence-electron chi connectivity index (χ1n) is 6.35. The molecule has 0 saturated heterocycles. The van der Waals surface area contributed by atoms with Gasteiger partial charge in [0.05, 0.1) is 7.11 Å². The third kappa shape index (κ3) is 5.01. The molecule has 1 rings (SSSR count). The van der Waals surface area contributed by atoms with Crippen LogP contribution in [0, 0.1) is 5.82 Å². The number of hydrogen-bond donors (Lipinski definition) is 1. The van der Waals surface area contributed by atoms with Crippen molar-refractivity contribution in [2.24, 2.45) is 5.73 Å². The van der Waals surface area contributed by atoms with Crippen molar-refractivity contribution >= 4 is 11.8 Å². The van der Waals surface area contributed by atoms with Gasteiger partial charge in [-0.2, -0.15) is 11.8 Å². The van der Waals surface area contributed by atoms with Gasteiger partial charge >= 0.3 is 0 Å². The second kappa shape index (κ2) is 8.40. The van der Waals surface area contributed by atoms with Crippen LogP contribution in [0.1, 0.15) is 18.0 Å². The van der Waals surface area contributed by atoms with Crippen LogP contribution in [0.4, 0.5) is 4.39 Å². The Balaban J connectivity index is 2.60. The van der Waals surface area contributed by atoms with Crippen LogP contribution in [0.2, 0.25) is 0 Å². The van der Waals surface area contributed by atoms with Gasteiger partial charge in [-0.1, -0.05) is 6.07 Å². The predicted octanol–water partition coefficient (Wildman–Crippen LogP) is 2.52.